The first-order chi connectivity index (χ1) is 13.8. The molecule has 1 aliphatic rings. The van der Waals surface area contributed by atoms with Gasteiger partial charge >= 0.3 is 0 Å². The molecule has 2 N–H and O–H groups in total. The van der Waals surface area contributed by atoms with E-state index in [0.717, 1.165) is 49.4 Å². The smallest absolute Gasteiger partial charge is 0.254 e. The molecule has 0 radical (unpaired) electrons. The first-order valence-electron chi connectivity index (χ1n) is 9.31. The minimum absolute atomic E-state index is 0.174. The van der Waals surface area contributed by atoms with E-state index in [1.165, 1.54) is 12.4 Å². The number of morpholine rings is 1. The van der Waals surface area contributed by atoms with Crippen molar-refractivity contribution in [2.75, 3.05) is 44.7 Å². The SMILES string of the molecule is O=C(NCCN1CCOCC1)c1cnc(Nc2cccc3cccnc23)nc1. The van der Waals surface area contributed by atoms with Gasteiger partial charge < -0.3 is 15.4 Å². The van der Waals surface area contributed by atoms with E-state index >= 15 is 0 Å². The van der Waals surface area contributed by atoms with Crippen molar-refractivity contribution in [2.24, 2.45) is 0 Å². The van der Waals surface area contributed by atoms with Gasteiger partial charge in [0.1, 0.15) is 0 Å². The molecule has 0 spiro atoms. The van der Waals surface area contributed by atoms with Crippen molar-refractivity contribution in [1.29, 1.82) is 0 Å². The number of fused-ring (bicyclic) bond motifs is 1. The second kappa shape index (κ2) is 8.73. The standard InChI is InChI=1S/C20H22N6O2/c27-19(22-7-8-26-9-11-28-12-10-26)16-13-23-20(24-14-16)25-17-5-1-3-15-4-2-6-21-18(15)17/h1-6,13-14H,7-12H2,(H,22,27)(H,23,24,25). The second-order valence-electron chi connectivity index (χ2n) is 6.51. The van der Waals surface area contributed by atoms with Crippen LogP contribution in [0.15, 0.2) is 48.9 Å². The quantitative estimate of drug-likeness (QED) is 0.676. The van der Waals surface area contributed by atoms with Gasteiger partial charge in [0.15, 0.2) is 0 Å². The Morgan fingerprint density at radius 3 is 2.68 bits per heavy atom. The van der Waals surface area contributed by atoms with Gasteiger partial charge in [-0.3, -0.25) is 14.7 Å². The van der Waals surface area contributed by atoms with E-state index in [1.807, 2.05) is 30.3 Å². The third-order valence-electron chi connectivity index (χ3n) is 4.61. The molecule has 4 rings (SSSR count). The van der Waals surface area contributed by atoms with Crippen LogP contribution in [0.25, 0.3) is 10.9 Å². The number of ether oxygens (including phenoxy) is 1. The maximum absolute atomic E-state index is 12.3. The predicted octanol–water partition coefficient (Wildman–Crippen LogP) is 1.83. The highest BCUT2D eigenvalue weighted by atomic mass is 16.5. The van der Waals surface area contributed by atoms with Gasteiger partial charge in [-0.15, -0.1) is 0 Å². The summed E-state index contributed by atoms with van der Waals surface area (Å²) in [6.45, 7) is 4.71. The molecule has 0 unspecified atom stereocenters. The summed E-state index contributed by atoms with van der Waals surface area (Å²) in [5.41, 5.74) is 2.10. The van der Waals surface area contributed by atoms with Crippen LogP contribution in [0.4, 0.5) is 11.6 Å². The molecule has 144 valence electrons. The number of rotatable bonds is 6. The average molecular weight is 378 g/mol. The van der Waals surface area contributed by atoms with E-state index < -0.39 is 0 Å². The first-order valence-corrected chi connectivity index (χ1v) is 9.31. The molecule has 1 saturated heterocycles. The van der Waals surface area contributed by atoms with E-state index in [0.29, 0.717) is 18.1 Å². The highest BCUT2D eigenvalue weighted by Gasteiger charge is 2.12. The monoisotopic (exact) mass is 378 g/mol. The second-order valence-corrected chi connectivity index (χ2v) is 6.51. The molecule has 8 nitrogen and oxygen atoms in total. The minimum Gasteiger partial charge on any atom is -0.379 e. The van der Waals surface area contributed by atoms with Gasteiger partial charge in [0.2, 0.25) is 5.95 Å². The number of nitrogens with zero attached hydrogens (tertiary/aromatic N) is 4. The summed E-state index contributed by atoms with van der Waals surface area (Å²) in [7, 11) is 0. The van der Waals surface area contributed by atoms with Gasteiger partial charge in [0.25, 0.3) is 5.91 Å². The molecular formula is C20H22N6O2. The lowest BCUT2D eigenvalue weighted by atomic mass is 10.2. The summed E-state index contributed by atoms with van der Waals surface area (Å²) in [6, 6.07) is 9.76. The molecule has 1 aliphatic heterocycles. The number of carbonyl (C=O) groups excluding carboxylic acids is 1. The lowest BCUT2D eigenvalue weighted by Gasteiger charge is -2.26. The molecule has 1 fully saturated rings. The van der Waals surface area contributed by atoms with E-state index in [2.05, 4.69) is 30.5 Å². The van der Waals surface area contributed by atoms with Gasteiger partial charge in [-0.05, 0) is 12.1 Å². The van der Waals surface area contributed by atoms with Crippen LogP contribution < -0.4 is 10.6 Å². The Labute approximate surface area is 163 Å². The fourth-order valence-corrected chi connectivity index (χ4v) is 3.09. The molecule has 0 saturated carbocycles. The first kappa shape index (κ1) is 18.3. The third kappa shape index (κ3) is 4.41. The highest BCUT2D eigenvalue weighted by Crippen LogP contribution is 2.22. The molecule has 8 heteroatoms. The summed E-state index contributed by atoms with van der Waals surface area (Å²) in [5, 5.41) is 7.10. The van der Waals surface area contributed by atoms with E-state index in [9.17, 15) is 4.79 Å². The number of amides is 1. The lowest BCUT2D eigenvalue weighted by molar-refractivity contribution is 0.0383. The number of nitrogens with one attached hydrogen (secondary N) is 2. The average Bonchev–Trinajstić information content (AvgIpc) is 2.75. The maximum atomic E-state index is 12.3. The van der Waals surface area contributed by atoms with Crippen LogP contribution in [-0.4, -0.2) is 65.2 Å². The van der Waals surface area contributed by atoms with Crippen LogP contribution in [0.2, 0.25) is 0 Å². The largest absolute Gasteiger partial charge is 0.379 e. The van der Waals surface area contributed by atoms with Crippen molar-refractivity contribution < 1.29 is 9.53 Å². The van der Waals surface area contributed by atoms with Crippen molar-refractivity contribution in [1.82, 2.24) is 25.2 Å². The van der Waals surface area contributed by atoms with Gasteiger partial charge in [-0.25, -0.2) is 9.97 Å². The highest BCUT2D eigenvalue weighted by molar-refractivity contribution is 5.94. The molecule has 0 aliphatic carbocycles. The number of hydrogen-bond donors (Lipinski definition) is 2. The molecule has 28 heavy (non-hydrogen) atoms. The lowest BCUT2D eigenvalue weighted by Crippen LogP contribution is -2.41. The number of carbonyl (C=O) groups is 1. The predicted molar refractivity (Wildman–Crippen MR) is 107 cm³/mol. The fraction of sp³-hybridized carbons (Fsp3) is 0.300. The van der Waals surface area contributed by atoms with Crippen LogP contribution in [-0.2, 0) is 4.74 Å². The zero-order valence-corrected chi connectivity index (χ0v) is 15.5. The van der Waals surface area contributed by atoms with Crippen LogP contribution in [0, 0.1) is 0 Å². The van der Waals surface area contributed by atoms with Crippen molar-refractivity contribution in [3.05, 3.63) is 54.5 Å². The molecule has 3 heterocycles. The normalized spacial score (nSPS) is 14.7. The number of hydrogen-bond acceptors (Lipinski definition) is 7. The Bertz CT molecular complexity index is 936. The summed E-state index contributed by atoms with van der Waals surface area (Å²) in [5.74, 6) is 0.245. The van der Waals surface area contributed by atoms with E-state index in [-0.39, 0.29) is 5.91 Å². The Morgan fingerprint density at radius 2 is 1.86 bits per heavy atom. The molecule has 2 aromatic heterocycles. The number of anilines is 2. The third-order valence-corrected chi connectivity index (χ3v) is 4.61. The Balaban J connectivity index is 1.34. The maximum Gasteiger partial charge on any atom is 0.254 e. The minimum atomic E-state index is -0.174. The summed E-state index contributed by atoms with van der Waals surface area (Å²) < 4.78 is 5.32. The van der Waals surface area contributed by atoms with E-state index in [1.54, 1.807) is 6.20 Å². The van der Waals surface area contributed by atoms with Gasteiger partial charge in [-0.2, -0.15) is 0 Å². The van der Waals surface area contributed by atoms with Crippen LogP contribution >= 0.6 is 0 Å². The topological polar surface area (TPSA) is 92.3 Å². The van der Waals surface area contributed by atoms with Gasteiger partial charge in [0, 0.05) is 50.2 Å². The van der Waals surface area contributed by atoms with Crippen LogP contribution in [0.5, 0.6) is 0 Å². The summed E-state index contributed by atoms with van der Waals surface area (Å²) in [6.07, 6.45) is 4.80. The van der Waals surface area contributed by atoms with Gasteiger partial charge in [0.05, 0.1) is 30.0 Å². The Morgan fingerprint density at radius 1 is 1.07 bits per heavy atom. The number of benzene rings is 1. The van der Waals surface area contributed by atoms with Crippen molar-refractivity contribution in [2.45, 2.75) is 0 Å². The number of para-hydroxylation sites is 1. The molecule has 0 bridgehead atoms. The zero-order valence-electron chi connectivity index (χ0n) is 15.5. The van der Waals surface area contributed by atoms with Crippen molar-refractivity contribution in [3.8, 4) is 0 Å². The fourth-order valence-electron chi connectivity index (χ4n) is 3.09. The van der Waals surface area contributed by atoms with Crippen LogP contribution in [0.3, 0.4) is 0 Å². The summed E-state index contributed by atoms with van der Waals surface area (Å²) in [4.78, 5) is 27.5. The Kier molecular flexibility index (Phi) is 5.69. The van der Waals surface area contributed by atoms with Crippen molar-refractivity contribution in [3.63, 3.8) is 0 Å². The number of aromatic nitrogens is 3. The molecule has 1 aromatic carbocycles. The Hall–Kier alpha value is -3.10. The number of pyridine rings is 1. The van der Waals surface area contributed by atoms with E-state index in [4.69, 9.17) is 4.74 Å². The zero-order chi connectivity index (χ0) is 19.2. The molecular weight excluding hydrogens is 356 g/mol. The molecule has 3 aromatic rings. The van der Waals surface area contributed by atoms with Crippen LogP contribution in [0.1, 0.15) is 10.4 Å². The summed E-state index contributed by atoms with van der Waals surface area (Å²) >= 11 is 0. The molecule has 0 atom stereocenters. The molecule has 1 amide bonds. The van der Waals surface area contributed by atoms with Crippen molar-refractivity contribution >= 4 is 28.4 Å². The van der Waals surface area contributed by atoms with Gasteiger partial charge in [-0.1, -0.05) is 18.2 Å².